The Morgan fingerprint density at radius 2 is 1.92 bits per heavy atom. The van der Waals surface area contributed by atoms with Crippen LogP contribution in [0.3, 0.4) is 0 Å². The van der Waals surface area contributed by atoms with Crippen molar-refractivity contribution in [2.45, 2.75) is 27.7 Å². The Morgan fingerprint density at radius 1 is 1.42 bits per heavy atom. The highest BCUT2D eigenvalue weighted by Gasteiger charge is 2.11. The summed E-state index contributed by atoms with van der Waals surface area (Å²) in [6, 6.07) is 0. The van der Waals surface area contributed by atoms with Crippen LogP contribution in [-0.2, 0) is 0 Å². The van der Waals surface area contributed by atoms with Crippen molar-refractivity contribution >= 4 is 5.95 Å². The molecule has 0 bridgehead atoms. The van der Waals surface area contributed by atoms with E-state index in [1.807, 2.05) is 13.8 Å². The van der Waals surface area contributed by atoms with Crippen LogP contribution in [0.4, 0.5) is 5.95 Å². The molecule has 0 atom stereocenters. The third-order valence-electron chi connectivity index (χ3n) is 1.29. The molecule has 0 aromatic carbocycles. The molecular formula is C7H13N3O2. The number of hydrogen-bond acceptors (Lipinski definition) is 3. The molecule has 5 heteroatoms. The van der Waals surface area contributed by atoms with Gasteiger partial charge in [0.25, 0.3) is 0 Å². The minimum absolute atomic E-state index is 0.185. The highest BCUT2D eigenvalue weighted by Crippen LogP contribution is 2.08. The van der Waals surface area contributed by atoms with Gasteiger partial charge in [-0.2, -0.15) is 0 Å². The minimum Gasteiger partial charge on any atom is -0.390 e. The Morgan fingerprint density at radius 3 is 2.08 bits per heavy atom. The molecule has 0 aliphatic heterocycles. The zero-order valence-corrected chi connectivity index (χ0v) is 7.71. The average molecular weight is 171 g/mol. The quantitative estimate of drug-likeness (QED) is 0.518. The lowest BCUT2D eigenvalue weighted by Gasteiger charge is -1.84. The van der Waals surface area contributed by atoms with Gasteiger partial charge in [-0.15, -0.1) is 0 Å². The number of nitro groups is 1. The van der Waals surface area contributed by atoms with Crippen LogP contribution in [-0.4, -0.2) is 14.9 Å². The van der Waals surface area contributed by atoms with Crippen molar-refractivity contribution < 1.29 is 4.92 Å². The number of aryl methyl sites for hydroxylation is 2. The lowest BCUT2D eigenvalue weighted by molar-refractivity contribution is -0.393. The third-order valence-corrected chi connectivity index (χ3v) is 1.29. The molecule has 68 valence electrons. The molecule has 1 N–H and O–H groups in total. The smallest absolute Gasteiger partial charge is 0.390 e. The normalized spacial score (nSPS) is 8.67. The van der Waals surface area contributed by atoms with Gasteiger partial charge < -0.3 is 10.1 Å². The van der Waals surface area contributed by atoms with Gasteiger partial charge in [-0.1, -0.05) is 18.8 Å². The van der Waals surface area contributed by atoms with Gasteiger partial charge in [0.05, 0.1) is 0 Å². The van der Waals surface area contributed by atoms with Crippen molar-refractivity contribution in [1.82, 2.24) is 9.97 Å². The van der Waals surface area contributed by atoms with Crippen molar-refractivity contribution in [2.75, 3.05) is 0 Å². The number of aromatic amines is 1. The maximum atomic E-state index is 10.1. The number of imidazole rings is 1. The summed E-state index contributed by atoms with van der Waals surface area (Å²) in [5.41, 5.74) is 1.42. The number of H-pyrrole nitrogens is 1. The lowest BCUT2D eigenvalue weighted by atomic mass is 10.4. The molecule has 0 aliphatic rings. The summed E-state index contributed by atoms with van der Waals surface area (Å²) >= 11 is 0. The van der Waals surface area contributed by atoms with Crippen molar-refractivity contribution in [1.29, 1.82) is 0 Å². The molecule has 1 rings (SSSR count). The van der Waals surface area contributed by atoms with Crippen LogP contribution in [0, 0.1) is 24.0 Å². The first kappa shape index (κ1) is 10.6. The Bertz CT molecular complexity index is 248. The molecule has 1 heterocycles. The molecule has 0 saturated carbocycles. The summed E-state index contributed by atoms with van der Waals surface area (Å²) in [4.78, 5) is 15.7. The molecule has 0 radical (unpaired) electrons. The van der Waals surface area contributed by atoms with E-state index in [-0.39, 0.29) is 5.95 Å². The van der Waals surface area contributed by atoms with Gasteiger partial charge in [-0.3, -0.25) is 0 Å². The van der Waals surface area contributed by atoms with Crippen LogP contribution in [0.15, 0.2) is 0 Å². The topological polar surface area (TPSA) is 71.8 Å². The Kier molecular flexibility index (Phi) is 3.96. The van der Waals surface area contributed by atoms with E-state index >= 15 is 0 Å². The molecule has 1 aromatic rings. The number of hydrogen-bond donors (Lipinski definition) is 1. The van der Waals surface area contributed by atoms with E-state index in [2.05, 4.69) is 9.97 Å². The van der Waals surface area contributed by atoms with Crippen LogP contribution in [0.5, 0.6) is 0 Å². The summed E-state index contributed by atoms with van der Waals surface area (Å²) < 4.78 is 0. The summed E-state index contributed by atoms with van der Waals surface area (Å²) in [5, 5.41) is 10.1. The van der Waals surface area contributed by atoms with E-state index < -0.39 is 4.92 Å². The second-order valence-electron chi connectivity index (χ2n) is 2.03. The second-order valence-corrected chi connectivity index (χ2v) is 2.03. The van der Waals surface area contributed by atoms with E-state index in [4.69, 9.17) is 0 Å². The number of nitrogens with zero attached hydrogens (tertiary/aromatic N) is 2. The van der Waals surface area contributed by atoms with Crippen molar-refractivity contribution in [2.24, 2.45) is 0 Å². The molecule has 0 amide bonds. The van der Waals surface area contributed by atoms with Crippen LogP contribution in [0.25, 0.3) is 0 Å². The standard InChI is InChI=1S/C5H7N3O2.C2H6/c1-3-4(2)7-5(6-3)8(9)10;1-2/h1-2H3,(H,6,7);1-2H3. The maximum Gasteiger partial charge on any atom is 0.432 e. The van der Waals surface area contributed by atoms with Crippen LogP contribution in [0.1, 0.15) is 25.2 Å². The number of rotatable bonds is 1. The first-order valence-corrected chi connectivity index (χ1v) is 3.79. The summed E-state index contributed by atoms with van der Waals surface area (Å²) in [6.07, 6.45) is 0. The SMILES string of the molecule is CC.Cc1nc([N+](=O)[O-])[nH]c1C. The summed E-state index contributed by atoms with van der Waals surface area (Å²) in [6.45, 7) is 7.47. The van der Waals surface area contributed by atoms with Crippen LogP contribution >= 0.6 is 0 Å². The Hall–Kier alpha value is -1.39. The van der Waals surface area contributed by atoms with Gasteiger partial charge in [0.2, 0.25) is 0 Å². The molecule has 12 heavy (non-hydrogen) atoms. The highest BCUT2D eigenvalue weighted by atomic mass is 16.6. The minimum atomic E-state index is -0.542. The van der Waals surface area contributed by atoms with Gasteiger partial charge in [0, 0.05) is 0 Å². The zero-order chi connectivity index (χ0) is 9.72. The lowest BCUT2D eigenvalue weighted by Crippen LogP contribution is -1.89. The molecular weight excluding hydrogens is 158 g/mol. The largest absolute Gasteiger partial charge is 0.432 e. The fourth-order valence-electron chi connectivity index (χ4n) is 0.615. The van der Waals surface area contributed by atoms with Crippen LogP contribution in [0.2, 0.25) is 0 Å². The first-order valence-electron chi connectivity index (χ1n) is 3.79. The molecule has 0 unspecified atom stereocenters. The Labute approximate surface area is 71.0 Å². The molecule has 0 fully saturated rings. The van der Waals surface area contributed by atoms with E-state index in [0.29, 0.717) is 5.69 Å². The van der Waals surface area contributed by atoms with Crippen LogP contribution < -0.4 is 0 Å². The second kappa shape index (κ2) is 4.48. The zero-order valence-electron chi connectivity index (χ0n) is 7.71. The first-order chi connectivity index (χ1) is 5.61. The number of nitrogens with one attached hydrogen (secondary N) is 1. The molecule has 5 nitrogen and oxygen atoms in total. The van der Waals surface area contributed by atoms with Gasteiger partial charge in [-0.25, -0.2) is 4.98 Å². The Balaban J connectivity index is 0.000000561. The molecule has 0 saturated heterocycles. The highest BCUT2D eigenvalue weighted by molar-refractivity contribution is 5.17. The van der Waals surface area contributed by atoms with E-state index in [1.54, 1.807) is 13.8 Å². The predicted octanol–water partition coefficient (Wildman–Crippen LogP) is 1.96. The van der Waals surface area contributed by atoms with Crippen molar-refractivity contribution in [3.8, 4) is 0 Å². The monoisotopic (exact) mass is 171 g/mol. The van der Waals surface area contributed by atoms with Gasteiger partial charge in [0.1, 0.15) is 5.69 Å². The molecule has 0 spiro atoms. The maximum absolute atomic E-state index is 10.1. The molecule has 0 aliphatic carbocycles. The fourth-order valence-corrected chi connectivity index (χ4v) is 0.615. The average Bonchev–Trinajstić information content (AvgIpc) is 2.36. The van der Waals surface area contributed by atoms with Crippen molar-refractivity contribution in [3.05, 3.63) is 21.5 Å². The van der Waals surface area contributed by atoms with Crippen molar-refractivity contribution in [3.63, 3.8) is 0 Å². The fraction of sp³-hybridized carbons (Fsp3) is 0.571. The van der Waals surface area contributed by atoms with E-state index in [1.165, 1.54) is 0 Å². The van der Waals surface area contributed by atoms with Gasteiger partial charge in [-0.05, 0) is 18.8 Å². The third kappa shape index (κ3) is 2.34. The van der Waals surface area contributed by atoms with Gasteiger partial charge in [0.15, 0.2) is 5.69 Å². The molecule has 1 aromatic heterocycles. The number of aromatic nitrogens is 2. The van der Waals surface area contributed by atoms with Gasteiger partial charge >= 0.3 is 5.95 Å². The summed E-state index contributed by atoms with van der Waals surface area (Å²) in [7, 11) is 0. The predicted molar refractivity (Wildman–Crippen MR) is 46.1 cm³/mol. The van der Waals surface area contributed by atoms with E-state index in [0.717, 1.165) is 5.69 Å². The summed E-state index contributed by atoms with van der Waals surface area (Å²) in [5.74, 6) is -0.185. The van der Waals surface area contributed by atoms with E-state index in [9.17, 15) is 10.1 Å².